The highest BCUT2D eigenvalue weighted by molar-refractivity contribution is 9.10. The number of nitrogens with one attached hydrogen (secondary N) is 1. The number of aryl methyl sites for hydroxylation is 2. The highest BCUT2D eigenvalue weighted by atomic mass is 79.9. The highest BCUT2D eigenvalue weighted by Gasteiger charge is 2.02. The van der Waals surface area contributed by atoms with E-state index in [-0.39, 0.29) is 0 Å². The van der Waals surface area contributed by atoms with Crippen molar-refractivity contribution in [2.24, 2.45) is 0 Å². The van der Waals surface area contributed by atoms with Crippen molar-refractivity contribution in [2.75, 3.05) is 13.1 Å². The van der Waals surface area contributed by atoms with Gasteiger partial charge in [-0.05, 0) is 61.2 Å². The van der Waals surface area contributed by atoms with Gasteiger partial charge in [0, 0.05) is 4.47 Å². The topological polar surface area (TPSA) is 12.0 Å². The van der Waals surface area contributed by atoms with Gasteiger partial charge in [0.05, 0.1) is 0 Å². The molecule has 0 atom stereocenters. The summed E-state index contributed by atoms with van der Waals surface area (Å²) in [5.74, 6) is 0. The summed E-state index contributed by atoms with van der Waals surface area (Å²) in [5.41, 5.74) is 4.36. The van der Waals surface area contributed by atoms with E-state index < -0.39 is 0 Å². The Morgan fingerprint density at radius 3 is 2.15 bits per heavy atom. The molecular weight excluding hydrogens is 310 g/mol. The second-order valence-corrected chi connectivity index (χ2v) is 5.91. The standard InChI is InChI=1S/C18H22BrN/c1-2-20-14-13-17-6-4-3-5-16(17)10-7-15-8-11-18(19)12-9-15/h3-6,8-9,11-12,20H,2,7,10,13-14H2,1H3. The number of rotatable bonds is 7. The molecule has 0 spiro atoms. The van der Waals surface area contributed by atoms with Crippen LogP contribution in [0, 0.1) is 0 Å². The predicted octanol–water partition coefficient (Wildman–Crippen LogP) is 4.39. The smallest absolute Gasteiger partial charge is 0.0175 e. The lowest BCUT2D eigenvalue weighted by atomic mass is 9.98. The van der Waals surface area contributed by atoms with E-state index in [4.69, 9.17) is 0 Å². The Balaban J connectivity index is 1.96. The Hall–Kier alpha value is -1.12. The van der Waals surface area contributed by atoms with E-state index in [9.17, 15) is 0 Å². The van der Waals surface area contributed by atoms with Crippen molar-refractivity contribution in [3.05, 3.63) is 69.7 Å². The van der Waals surface area contributed by atoms with E-state index in [0.717, 1.165) is 36.8 Å². The molecule has 0 fully saturated rings. The number of hydrogen-bond donors (Lipinski definition) is 1. The van der Waals surface area contributed by atoms with E-state index in [1.165, 1.54) is 16.7 Å². The molecule has 0 bridgehead atoms. The second-order valence-electron chi connectivity index (χ2n) is 5.00. The molecular formula is C18H22BrN. The minimum atomic E-state index is 1.04. The first kappa shape index (κ1) is 15.3. The minimum Gasteiger partial charge on any atom is -0.317 e. The zero-order valence-electron chi connectivity index (χ0n) is 12.0. The van der Waals surface area contributed by atoms with Crippen LogP contribution in [-0.2, 0) is 19.3 Å². The van der Waals surface area contributed by atoms with Gasteiger partial charge in [-0.2, -0.15) is 0 Å². The number of benzene rings is 2. The maximum Gasteiger partial charge on any atom is 0.0175 e. The van der Waals surface area contributed by atoms with Gasteiger partial charge in [0.15, 0.2) is 0 Å². The van der Waals surface area contributed by atoms with Gasteiger partial charge < -0.3 is 5.32 Å². The van der Waals surface area contributed by atoms with E-state index in [2.05, 4.69) is 76.7 Å². The summed E-state index contributed by atoms with van der Waals surface area (Å²) in [5, 5.41) is 3.40. The molecule has 0 aromatic heterocycles. The summed E-state index contributed by atoms with van der Waals surface area (Å²) in [7, 11) is 0. The van der Waals surface area contributed by atoms with Gasteiger partial charge in [0.25, 0.3) is 0 Å². The normalized spacial score (nSPS) is 10.7. The van der Waals surface area contributed by atoms with Gasteiger partial charge >= 0.3 is 0 Å². The Bertz CT molecular complexity index is 519. The van der Waals surface area contributed by atoms with Crippen molar-refractivity contribution >= 4 is 15.9 Å². The van der Waals surface area contributed by atoms with Crippen LogP contribution in [0.4, 0.5) is 0 Å². The molecule has 2 rings (SSSR count). The fourth-order valence-electron chi connectivity index (χ4n) is 2.38. The third-order valence-corrected chi connectivity index (χ3v) is 4.06. The van der Waals surface area contributed by atoms with Crippen molar-refractivity contribution in [3.8, 4) is 0 Å². The van der Waals surface area contributed by atoms with Crippen LogP contribution in [0.15, 0.2) is 53.0 Å². The monoisotopic (exact) mass is 331 g/mol. The fraction of sp³-hybridized carbons (Fsp3) is 0.333. The molecule has 0 amide bonds. The molecule has 20 heavy (non-hydrogen) atoms. The van der Waals surface area contributed by atoms with Crippen LogP contribution >= 0.6 is 15.9 Å². The lowest BCUT2D eigenvalue weighted by Crippen LogP contribution is -2.16. The summed E-state index contributed by atoms with van der Waals surface area (Å²) < 4.78 is 1.15. The van der Waals surface area contributed by atoms with E-state index in [0.29, 0.717) is 0 Å². The Labute approximate surface area is 130 Å². The quantitative estimate of drug-likeness (QED) is 0.742. The first-order valence-electron chi connectivity index (χ1n) is 7.31. The maximum absolute atomic E-state index is 3.48. The molecule has 0 radical (unpaired) electrons. The summed E-state index contributed by atoms with van der Waals surface area (Å²) in [4.78, 5) is 0. The van der Waals surface area contributed by atoms with Crippen LogP contribution in [0.2, 0.25) is 0 Å². The lowest BCUT2D eigenvalue weighted by Gasteiger charge is -2.10. The zero-order valence-corrected chi connectivity index (χ0v) is 13.6. The zero-order chi connectivity index (χ0) is 14.2. The Kier molecular flexibility index (Phi) is 6.28. The summed E-state index contributed by atoms with van der Waals surface area (Å²) in [6.45, 7) is 4.26. The van der Waals surface area contributed by atoms with E-state index in [1.54, 1.807) is 0 Å². The number of hydrogen-bond acceptors (Lipinski definition) is 1. The summed E-state index contributed by atoms with van der Waals surface area (Å²) in [6.07, 6.45) is 3.33. The van der Waals surface area contributed by atoms with Crippen molar-refractivity contribution < 1.29 is 0 Å². The van der Waals surface area contributed by atoms with Gasteiger partial charge in [-0.3, -0.25) is 0 Å². The second kappa shape index (κ2) is 8.23. The van der Waals surface area contributed by atoms with E-state index in [1.807, 2.05) is 0 Å². The largest absolute Gasteiger partial charge is 0.317 e. The first-order valence-corrected chi connectivity index (χ1v) is 8.11. The van der Waals surface area contributed by atoms with Crippen LogP contribution in [0.3, 0.4) is 0 Å². The molecule has 1 N–H and O–H groups in total. The molecule has 106 valence electrons. The van der Waals surface area contributed by atoms with Crippen molar-refractivity contribution in [2.45, 2.75) is 26.2 Å². The SMILES string of the molecule is CCNCCc1ccccc1CCc1ccc(Br)cc1. The Morgan fingerprint density at radius 2 is 1.50 bits per heavy atom. The van der Waals surface area contributed by atoms with Gasteiger partial charge in [0.2, 0.25) is 0 Å². The van der Waals surface area contributed by atoms with E-state index >= 15 is 0 Å². The third-order valence-electron chi connectivity index (χ3n) is 3.54. The van der Waals surface area contributed by atoms with Gasteiger partial charge in [-0.25, -0.2) is 0 Å². The van der Waals surface area contributed by atoms with Crippen molar-refractivity contribution in [3.63, 3.8) is 0 Å². The van der Waals surface area contributed by atoms with Gasteiger partial charge in [0.1, 0.15) is 0 Å². The van der Waals surface area contributed by atoms with Crippen LogP contribution in [-0.4, -0.2) is 13.1 Å². The van der Waals surface area contributed by atoms with Gasteiger partial charge in [-0.15, -0.1) is 0 Å². The molecule has 0 aliphatic carbocycles. The van der Waals surface area contributed by atoms with Crippen LogP contribution in [0.5, 0.6) is 0 Å². The fourth-order valence-corrected chi connectivity index (χ4v) is 2.64. The molecule has 1 nitrogen and oxygen atoms in total. The van der Waals surface area contributed by atoms with Crippen LogP contribution in [0.25, 0.3) is 0 Å². The summed E-state index contributed by atoms with van der Waals surface area (Å²) >= 11 is 3.48. The van der Waals surface area contributed by atoms with Crippen LogP contribution < -0.4 is 5.32 Å². The van der Waals surface area contributed by atoms with Crippen molar-refractivity contribution in [1.82, 2.24) is 5.32 Å². The maximum atomic E-state index is 3.48. The molecule has 2 aromatic carbocycles. The molecule has 0 aliphatic heterocycles. The molecule has 0 unspecified atom stereocenters. The van der Waals surface area contributed by atoms with Crippen LogP contribution in [0.1, 0.15) is 23.6 Å². The molecule has 0 saturated heterocycles. The molecule has 2 aromatic rings. The molecule has 0 saturated carbocycles. The first-order chi connectivity index (χ1) is 9.79. The highest BCUT2D eigenvalue weighted by Crippen LogP contribution is 2.15. The van der Waals surface area contributed by atoms with Gasteiger partial charge in [-0.1, -0.05) is 59.3 Å². The molecule has 0 aliphatic rings. The minimum absolute atomic E-state index is 1.04. The number of likely N-dealkylation sites (N-methyl/N-ethyl adjacent to an activating group) is 1. The Morgan fingerprint density at radius 1 is 0.850 bits per heavy atom. The predicted molar refractivity (Wildman–Crippen MR) is 90.2 cm³/mol. The average molecular weight is 332 g/mol. The van der Waals surface area contributed by atoms with Crippen molar-refractivity contribution in [1.29, 1.82) is 0 Å². The number of halogens is 1. The molecule has 0 heterocycles. The lowest BCUT2D eigenvalue weighted by molar-refractivity contribution is 0.712. The average Bonchev–Trinajstić information content (AvgIpc) is 2.48. The molecule has 2 heteroatoms. The summed E-state index contributed by atoms with van der Waals surface area (Å²) in [6, 6.07) is 17.4. The third kappa shape index (κ3) is 4.77.